The molecule has 0 radical (unpaired) electrons. The van der Waals surface area contributed by atoms with E-state index in [4.69, 9.17) is 4.74 Å². The summed E-state index contributed by atoms with van der Waals surface area (Å²) in [6, 6.07) is 6.51. The lowest BCUT2D eigenvalue weighted by atomic mass is 10.2. The molecule has 0 amide bonds. The van der Waals surface area contributed by atoms with Crippen molar-refractivity contribution in [2.45, 2.75) is 38.2 Å². The molecular formula is C13H19NO4S. The maximum absolute atomic E-state index is 11.9. The lowest BCUT2D eigenvalue weighted by Crippen LogP contribution is -2.27. The van der Waals surface area contributed by atoms with Crippen LogP contribution in [0.2, 0.25) is 0 Å². The minimum atomic E-state index is -3.56. The van der Waals surface area contributed by atoms with Gasteiger partial charge in [-0.2, -0.15) is 0 Å². The fourth-order valence-corrected chi connectivity index (χ4v) is 2.44. The molecule has 5 nitrogen and oxygen atoms in total. The molecule has 0 saturated heterocycles. The highest BCUT2D eigenvalue weighted by Gasteiger charge is 2.14. The molecule has 1 rings (SSSR count). The van der Waals surface area contributed by atoms with Crippen molar-refractivity contribution >= 4 is 16.0 Å². The summed E-state index contributed by atoms with van der Waals surface area (Å²) < 4.78 is 31.1. The van der Waals surface area contributed by atoms with Crippen molar-refractivity contribution in [1.29, 1.82) is 0 Å². The van der Waals surface area contributed by atoms with Crippen LogP contribution in [0.3, 0.4) is 0 Å². The number of hydrogen-bond acceptors (Lipinski definition) is 4. The predicted octanol–water partition coefficient (Wildman–Crippen LogP) is 1.62. The SMILES string of the molecule is Cc1ccc(S(=O)(=O)NCCC(=O)OC(C)C)cc1. The zero-order valence-electron chi connectivity index (χ0n) is 11.3. The van der Waals surface area contributed by atoms with Crippen LogP contribution in [0.1, 0.15) is 25.8 Å². The molecule has 19 heavy (non-hydrogen) atoms. The molecule has 0 saturated carbocycles. The Morgan fingerprint density at radius 3 is 2.37 bits per heavy atom. The Morgan fingerprint density at radius 2 is 1.84 bits per heavy atom. The Hall–Kier alpha value is -1.40. The van der Waals surface area contributed by atoms with Crippen LogP contribution < -0.4 is 4.72 Å². The number of rotatable bonds is 6. The van der Waals surface area contributed by atoms with Crippen LogP contribution in [0.15, 0.2) is 29.2 Å². The summed E-state index contributed by atoms with van der Waals surface area (Å²) in [5.74, 6) is -0.415. The average Bonchev–Trinajstić information content (AvgIpc) is 2.28. The van der Waals surface area contributed by atoms with Crippen molar-refractivity contribution in [3.8, 4) is 0 Å². The van der Waals surface area contributed by atoms with E-state index in [1.807, 2.05) is 6.92 Å². The average molecular weight is 285 g/mol. The van der Waals surface area contributed by atoms with Gasteiger partial charge in [-0.05, 0) is 32.9 Å². The van der Waals surface area contributed by atoms with Crippen LogP contribution in [0.4, 0.5) is 0 Å². The minimum absolute atomic E-state index is 0.0171. The molecule has 0 spiro atoms. The van der Waals surface area contributed by atoms with Gasteiger partial charge < -0.3 is 4.74 Å². The van der Waals surface area contributed by atoms with E-state index in [1.54, 1.807) is 26.0 Å². The van der Waals surface area contributed by atoms with Gasteiger partial charge in [0, 0.05) is 6.54 Å². The third-order valence-electron chi connectivity index (χ3n) is 2.32. The molecule has 6 heteroatoms. The van der Waals surface area contributed by atoms with Crippen molar-refractivity contribution in [1.82, 2.24) is 4.72 Å². The van der Waals surface area contributed by atoms with Gasteiger partial charge in [-0.1, -0.05) is 17.7 Å². The summed E-state index contributed by atoms with van der Waals surface area (Å²) in [7, 11) is -3.56. The molecule has 1 aromatic carbocycles. The second-order valence-electron chi connectivity index (χ2n) is 4.50. The summed E-state index contributed by atoms with van der Waals surface area (Å²) in [5, 5.41) is 0. The van der Waals surface area contributed by atoms with Crippen molar-refractivity contribution in [2.75, 3.05) is 6.54 Å². The molecule has 0 aliphatic carbocycles. The number of carbonyl (C=O) groups is 1. The Kier molecular flexibility index (Phi) is 5.50. The fraction of sp³-hybridized carbons (Fsp3) is 0.462. The molecule has 1 aromatic rings. The van der Waals surface area contributed by atoms with Crippen LogP contribution in [-0.2, 0) is 19.6 Å². The second-order valence-corrected chi connectivity index (χ2v) is 6.27. The van der Waals surface area contributed by atoms with E-state index in [9.17, 15) is 13.2 Å². The van der Waals surface area contributed by atoms with E-state index in [0.717, 1.165) is 5.56 Å². The molecule has 0 unspecified atom stereocenters. The number of carbonyl (C=O) groups excluding carboxylic acids is 1. The number of sulfonamides is 1. The molecule has 0 aliphatic heterocycles. The Labute approximate surface area is 114 Å². The Bertz CT molecular complexity index is 520. The lowest BCUT2D eigenvalue weighted by molar-refractivity contribution is -0.147. The highest BCUT2D eigenvalue weighted by molar-refractivity contribution is 7.89. The van der Waals surface area contributed by atoms with Gasteiger partial charge in [0.05, 0.1) is 17.4 Å². The molecule has 0 bridgehead atoms. The largest absolute Gasteiger partial charge is 0.463 e. The van der Waals surface area contributed by atoms with Crippen LogP contribution in [0.25, 0.3) is 0 Å². The fourth-order valence-electron chi connectivity index (χ4n) is 1.41. The van der Waals surface area contributed by atoms with Gasteiger partial charge in [-0.15, -0.1) is 0 Å². The van der Waals surface area contributed by atoms with Crippen LogP contribution in [0, 0.1) is 6.92 Å². The maximum atomic E-state index is 11.9. The number of ether oxygens (including phenoxy) is 1. The van der Waals surface area contributed by atoms with Crippen molar-refractivity contribution in [3.63, 3.8) is 0 Å². The normalized spacial score (nSPS) is 11.6. The third kappa shape index (κ3) is 5.40. The van der Waals surface area contributed by atoms with E-state index in [0.29, 0.717) is 0 Å². The zero-order valence-corrected chi connectivity index (χ0v) is 12.2. The highest BCUT2D eigenvalue weighted by Crippen LogP contribution is 2.09. The van der Waals surface area contributed by atoms with Gasteiger partial charge in [0.1, 0.15) is 0 Å². The number of hydrogen-bond donors (Lipinski definition) is 1. The summed E-state index contributed by atoms with van der Waals surface area (Å²) in [6.45, 7) is 5.40. The summed E-state index contributed by atoms with van der Waals surface area (Å²) >= 11 is 0. The van der Waals surface area contributed by atoms with E-state index in [2.05, 4.69) is 4.72 Å². The van der Waals surface area contributed by atoms with Gasteiger partial charge in [-0.25, -0.2) is 13.1 Å². The molecule has 1 N–H and O–H groups in total. The first-order valence-corrected chi connectivity index (χ1v) is 7.55. The summed E-state index contributed by atoms with van der Waals surface area (Å²) in [5.41, 5.74) is 0.986. The smallest absolute Gasteiger partial charge is 0.307 e. The standard InChI is InChI=1S/C13H19NO4S/c1-10(2)18-13(15)8-9-14-19(16,17)12-6-4-11(3)5-7-12/h4-7,10,14H,8-9H2,1-3H3. The zero-order chi connectivity index (χ0) is 14.5. The summed E-state index contributed by atoms with van der Waals surface area (Å²) in [4.78, 5) is 11.5. The monoisotopic (exact) mass is 285 g/mol. The van der Waals surface area contributed by atoms with Gasteiger partial charge in [-0.3, -0.25) is 4.79 Å². The maximum Gasteiger partial charge on any atom is 0.307 e. The number of aryl methyl sites for hydroxylation is 1. The molecule has 0 atom stereocenters. The topological polar surface area (TPSA) is 72.5 Å². The first kappa shape index (κ1) is 15.7. The highest BCUT2D eigenvalue weighted by atomic mass is 32.2. The van der Waals surface area contributed by atoms with Crippen molar-refractivity contribution in [3.05, 3.63) is 29.8 Å². The number of benzene rings is 1. The van der Waals surface area contributed by atoms with E-state index in [-0.39, 0.29) is 24.0 Å². The third-order valence-corrected chi connectivity index (χ3v) is 3.80. The van der Waals surface area contributed by atoms with Crippen molar-refractivity contribution < 1.29 is 17.9 Å². The molecule has 0 aliphatic rings. The molecule has 0 fully saturated rings. The quantitative estimate of drug-likeness (QED) is 0.806. The van der Waals surface area contributed by atoms with Crippen LogP contribution >= 0.6 is 0 Å². The van der Waals surface area contributed by atoms with Gasteiger partial charge in [0.2, 0.25) is 10.0 Å². The summed E-state index contributed by atoms with van der Waals surface area (Å²) in [6.07, 6.45) is -0.176. The molecular weight excluding hydrogens is 266 g/mol. The van der Waals surface area contributed by atoms with Gasteiger partial charge in [0.15, 0.2) is 0 Å². The van der Waals surface area contributed by atoms with E-state index < -0.39 is 16.0 Å². The molecule has 0 aromatic heterocycles. The van der Waals surface area contributed by atoms with E-state index in [1.165, 1.54) is 12.1 Å². The number of nitrogens with one attached hydrogen (secondary N) is 1. The van der Waals surface area contributed by atoms with Gasteiger partial charge >= 0.3 is 5.97 Å². The lowest BCUT2D eigenvalue weighted by Gasteiger charge is -2.09. The first-order chi connectivity index (χ1) is 8.81. The molecule has 0 heterocycles. The van der Waals surface area contributed by atoms with Crippen LogP contribution in [0.5, 0.6) is 0 Å². The van der Waals surface area contributed by atoms with Crippen LogP contribution in [-0.4, -0.2) is 27.0 Å². The Morgan fingerprint density at radius 1 is 1.26 bits per heavy atom. The molecule has 106 valence electrons. The van der Waals surface area contributed by atoms with E-state index >= 15 is 0 Å². The minimum Gasteiger partial charge on any atom is -0.463 e. The second kappa shape index (κ2) is 6.68. The predicted molar refractivity (Wildman–Crippen MR) is 72.2 cm³/mol. The van der Waals surface area contributed by atoms with Gasteiger partial charge in [0.25, 0.3) is 0 Å². The van der Waals surface area contributed by atoms with Crippen molar-refractivity contribution in [2.24, 2.45) is 0 Å². The first-order valence-electron chi connectivity index (χ1n) is 6.07. The number of esters is 1. The Balaban J connectivity index is 2.52.